The highest BCUT2D eigenvalue weighted by atomic mass is 35.5. The summed E-state index contributed by atoms with van der Waals surface area (Å²) < 4.78 is 14.8. The third-order valence-electron chi connectivity index (χ3n) is 4.59. The average Bonchev–Trinajstić information content (AvgIpc) is 3.31. The minimum atomic E-state index is -0.510. The zero-order valence-corrected chi connectivity index (χ0v) is 17.1. The van der Waals surface area contributed by atoms with E-state index in [1.807, 2.05) is 0 Å². The van der Waals surface area contributed by atoms with Gasteiger partial charge in [-0.1, -0.05) is 29.3 Å². The van der Waals surface area contributed by atoms with Crippen molar-refractivity contribution in [2.45, 2.75) is 13.2 Å². The fourth-order valence-corrected chi connectivity index (χ4v) is 3.51. The number of nitrogens with zero attached hydrogens (tertiary/aromatic N) is 4. The molecule has 0 radical (unpaired) electrons. The SMILES string of the molecule is Cn1c(OCc2ccco2)nc2c1c(=O)n(Cc1ccc(Cl)cc1Cl)c(=O)n2C. The molecule has 10 heteroatoms. The summed E-state index contributed by atoms with van der Waals surface area (Å²) in [7, 11) is 3.20. The predicted octanol–water partition coefficient (Wildman–Crippen LogP) is 2.96. The summed E-state index contributed by atoms with van der Waals surface area (Å²) in [6, 6.07) is 8.62. The molecule has 150 valence electrons. The molecule has 0 saturated carbocycles. The van der Waals surface area contributed by atoms with E-state index in [2.05, 4.69) is 4.98 Å². The number of hydrogen-bond acceptors (Lipinski definition) is 5. The van der Waals surface area contributed by atoms with Crippen LogP contribution in [0, 0.1) is 0 Å². The molecule has 0 aliphatic rings. The fourth-order valence-electron chi connectivity index (χ4n) is 3.04. The molecule has 1 aromatic carbocycles. The molecule has 0 atom stereocenters. The Kier molecular flexibility index (Phi) is 4.97. The van der Waals surface area contributed by atoms with Crippen LogP contribution in [0.25, 0.3) is 11.2 Å². The van der Waals surface area contributed by atoms with Crippen LogP contribution in [0.2, 0.25) is 10.0 Å². The molecule has 0 aliphatic heterocycles. The van der Waals surface area contributed by atoms with Gasteiger partial charge in [-0.2, -0.15) is 4.98 Å². The van der Waals surface area contributed by atoms with Gasteiger partial charge >= 0.3 is 5.69 Å². The summed E-state index contributed by atoms with van der Waals surface area (Å²) in [6.45, 7) is 0.151. The number of aromatic nitrogens is 4. The first-order valence-corrected chi connectivity index (χ1v) is 9.37. The Labute approximate surface area is 174 Å². The first-order valence-electron chi connectivity index (χ1n) is 8.62. The number of rotatable bonds is 5. The Bertz CT molecular complexity index is 1320. The minimum Gasteiger partial charge on any atom is -0.466 e. The van der Waals surface area contributed by atoms with Gasteiger partial charge in [0.25, 0.3) is 11.6 Å². The van der Waals surface area contributed by atoms with E-state index in [1.165, 1.54) is 15.4 Å². The lowest BCUT2D eigenvalue weighted by atomic mass is 10.2. The smallest absolute Gasteiger partial charge is 0.332 e. The lowest BCUT2D eigenvalue weighted by Crippen LogP contribution is -2.39. The van der Waals surface area contributed by atoms with Crippen LogP contribution in [-0.2, 0) is 27.2 Å². The third-order valence-corrected chi connectivity index (χ3v) is 5.17. The highest BCUT2D eigenvalue weighted by molar-refractivity contribution is 6.35. The number of hydrogen-bond donors (Lipinski definition) is 0. The quantitative estimate of drug-likeness (QED) is 0.481. The molecule has 0 bridgehead atoms. The number of ether oxygens (including phenoxy) is 1. The van der Waals surface area contributed by atoms with Crippen LogP contribution in [0.5, 0.6) is 6.01 Å². The molecule has 0 spiro atoms. The van der Waals surface area contributed by atoms with Crippen LogP contribution in [0.4, 0.5) is 0 Å². The van der Waals surface area contributed by atoms with E-state index in [1.54, 1.807) is 44.4 Å². The van der Waals surface area contributed by atoms with Gasteiger partial charge in [0.1, 0.15) is 12.4 Å². The van der Waals surface area contributed by atoms with E-state index >= 15 is 0 Å². The number of imidazole rings is 1. The molecule has 3 heterocycles. The number of aryl methyl sites for hydroxylation is 2. The zero-order valence-electron chi connectivity index (χ0n) is 15.6. The molecule has 0 aliphatic carbocycles. The van der Waals surface area contributed by atoms with E-state index in [4.69, 9.17) is 32.4 Å². The molecule has 0 saturated heterocycles. The van der Waals surface area contributed by atoms with Crippen molar-refractivity contribution in [2.75, 3.05) is 0 Å². The first kappa shape index (κ1) is 19.4. The Morgan fingerprint density at radius 1 is 1.14 bits per heavy atom. The maximum Gasteiger partial charge on any atom is 0.332 e. The van der Waals surface area contributed by atoms with Crippen molar-refractivity contribution in [3.05, 3.63) is 78.8 Å². The average molecular weight is 435 g/mol. The monoisotopic (exact) mass is 434 g/mol. The van der Waals surface area contributed by atoms with Gasteiger partial charge in [-0.15, -0.1) is 0 Å². The normalized spacial score (nSPS) is 11.3. The van der Waals surface area contributed by atoms with Crippen molar-refractivity contribution in [3.63, 3.8) is 0 Å². The van der Waals surface area contributed by atoms with Crippen molar-refractivity contribution in [3.8, 4) is 6.01 Å². The van der Waals surface area contributed by atoms with Crippen LogP contribution < -0.4 is 16.0 Å². The van der Waals surface area contributed by atoms with Crippen molar-refractivity contribution in [2.24, 2.45) is 14.1 Å². The molecular formula is C19H16Cl2N4O4. The second-order valence-corrected chi connectivity index (χ2v) is 7.31. The maximum absolute atomic E-state index is 13.1. The van der Waals surface area contributed by atoms with Gasteiger partial charge in [0.2, 0.25) is 0 Å². The fraction of sp³-hybridized carbons (Fsp3) is 0.211. The molecule has 0 fully saturated rings. The van der Waals surface area contributed by atoms with Crippen molar-refractivity contribution in [1.82, 2.24) is 18.7 Å². The highest BCUT2D eigenvalue weighted by Crippen LogP contribution is 2.22. The van der Waals surface area contributed by atoms with E-state index in [-0.39, 0.29) is 30.3 Å². The van der Waals surface area contributed by atoms with Gasteiger partial charge in [-0.3, -0.25) is 18.5 Å². The summed E-state index contributed by atoms with van der Waals surface area (Å²) in [4.78, 5) is 30.2. The largest absolute Gasteiger partial charge is 0.466 e. The van der Waals surface area contributed by atoms with Crippen LogP contribution in [0.15, 0.2) is 50.6 Å². The molecular weight excluding hydrogens is 419 g/mol. The molecule has 0 amide bonds. The molecule has 4 rings (SSSR count). The summed E-state index contributed by atoms with van der Waals surface area (Å²) >= 11 is 12.1. The van der Waals surface area contributed by atoms with Gasteiger partial charge in [-0.05, 0) is 29.8 Å². The van der Waals surface area contributed by atoms with E-state index < -0.39 is 11.2 Å². The number of furan rings is 1. The van der Waals surface area contributed by atoms with Gasteiger partial charge in [0.15, 0.2) is 11.2 Å². The standard InChI is InChI=1S/C19H16Cl2N4O4/c1-23-15-16(22-18(23)29-10-13-4-3-7-28-13)24(2)19(27)25(17(15)26)9-11-5-6-12(20)8-14(11)21/h3-8H,9-10H2,1-2H3. The number of halogens is 2. The zero-order chi connectivity index (χ0) is 20.7. The first-order chi connectivity index (χ1) is 13.9. The molecule has 3 aromatic heterocycles. The second kappa shape index (κ2) is 7.46. The van der Waals surface area contributed by atoms with Gasteiger partial charge in [0.05, 0.1) is 12.8 Å². The van der Waals surface area contributed by atoms with Crippen LogP contribution >= 0.6 is 23.2 Å². The molecule has 0 N–H and O–H groups in total. The molecule has 29 heavy (non-hydrogen) atoms. The summed E-state index contributed by atoms with van der Waals surface area (Å²) in [6.07, 6.45) is 1.54. The Hall–Kier alpha value is -2.97. The Balaban J connectivity index is 1.79. The van der Waals surface area contributed by atoms with Crippen molar-refractivity contribution < 1.29 is 9.15 Å². The Morgan fingerprint density at radius 2 is 1.93 bits per heavy atom. The van der Waals surface area contributed by atoms with Gasteiger partial charge in [0, 0.05) is 24.1 Å². The van der Waals surface area contributed by atoms with E-state index in [9.17, 15) is 9.59 Å². The summed E-state index contributed by atoms with van der Waals surface area (Å²) in [5.74, 6) is 0.612. The third kappa shape index (κ3) is 3.45. The van der Waals surface area contributed by atoms with Crippen LogP contribution in [0.1, 0.15) is 11.3 Å². The predicted molar refractivity (Wildman–Crippen MR) is 109 cm³/mol. The molecule has 4 aromatic rings. The van der Waals surface area contributed by atoms with Gasteiger partial charge < -0.3 is 9.15 Å². The molecule has 8 nitrogen and oxygen atoms in total. The number of fused-ring (bicyclic) bond motifs is 1. The number of benzene rings is 1. The minimum absolute atomic E-state index is 0.00517. The van der Waals surface area contributed by atoms with E-state index in [0.717, 1.165) is 4.57 Å². The highest BCUT2D eigenvalue weighted by Gasteiger charge is 2.20. The summed E-state index contributed by atoms with van der Waals surface area (Å²) in [5, 5.41) is 0.846. The lowest BCUT2D eigenvalue weighted by molar-refractivity contribution is 0.244. The summed E-state index contributed by atoms with van der Waals surface area (Å²) in [5.41, 5.74) is 0.0780. The molecule has 0 unspecified atom stereocenters. The van der Waals surface area contributed by atoms with Gasteiger partial charge in [-0.25, -0.2) is 4.79 Å². The Morgan fingerprint density at radius 3 is 2.62 bits per heavy atom. The van der Waals surface area contributed by atoms with Crippen LogP contribution in [-0.4, -0.2) is 18.7 Å². The van der Waals surface area contributed by atoms with Crippen LogP contribution in [0.3, 0.4) is 0 Å². The topological polar surface area (TPSA) is 84.2 Å². The van der Waals surface area contributed by atoms with Crippen molar-refractivity contribution in [1.29, 1.82) is 0 Å². The second-order valence-electron chi connectivity index (χ2n) is 6.46. The van der Waals surface area contributed by atoms with E-state index in [0.29, 0.717) is 21.4 Å². The van der Waals surface area contributed by atoms with Crippen molar-refractivity contribution >= 4 is 34.4 Å². The maximum atomic E-state index is 13.1. The lowest BCUT2D eigenvalue weighted by Gasteiger charge is -2.10.